The Hall–Kier alpha value is -1.99. The first kappa shape index (κ1) is 20.3. The van der Waals surface area contributed by atoms with Gasteiger partial charge in [0.15, 0.2) is 0 Å². The summed E-state index contributed by atoms with van der Waals surface area (Å²) in [7, 11) is -1.92. The third-order valence-corrected chi connectivity index (χ3v) is 8.71. The monoisotopic (exact) mass is 350 g/mol. The second kappa shape index (κ2) is 9.10. The summed E-state index contributed by atoms with van der Waals surface area (Å²) in [6.45, 7) is 4.68. The SMILES string of the molecule is C[Si](C)(c1ccccc1)C(/C=C(\[O-])c1ccccc1)c1ccccc1.[Li+]. The van der Waals surface area contributed by atoms with Crippen LogP contribution in [0.1, 0.15) is 16.7 Å². The molecule has 0 fully saturated rings. The molecule has 3 aromatic rings. The van der Waals surface area contributed by atoms with Crippen molar-refractivity contribution in [3.8, 4) is 0 Å². The summed E-state index contributed by atoms with van der Waals surface area (Å²) in [4.78, 5) is 0. The van der Waals surface area contributed by atoms with Crippen molar-refractivity contribution in [2.45, 2.75) is 18.6 Å². The van der Waals surface area contributed by atoms with Crippen LogP contribution in [-0.4, -0.2) is 8.07 Å². The smallest absolute Gasteiger partial charge is 0.872 e. The Bertz CT molecular complexity index is 830. The summed E-state index contributed by atoms with van der Waals surface area (Å²) >= 11 is 0. The maximum atomic E-state index is 12.9. The third-order valence-electron chi connectivity index (χ3n) is 4.83. The largest absolute Gasteiger partial charge is 1.00 e. The van der Waals surface area contributed by atoms with E-state index in [4.69, 9.17) is 0 Å². The Kier molecular flexibility index (Phi) is 7.11. The number of rotatable bonds is 5. The van der Waals surface area contributed by atoms with Gasteiger partial charge in [0, 0.05) is 5.54 Å². The van der Waals surface area contributed by atoms with Gasteiger partial charge in [-0.25, -0.2) is 0 Å². The minimum atomic E-state index is -1.92. The minimum Gasteiger partial charge on any atom is -0.872 e. The standard InChI is InChI=1S/C23H24OSi.Li/c1-25(2,21-16-10-5-11-17-21)23(20-14-8-4-9-15-20)18-22(24)19-12-6-3-7-13-19;/h3-18,23-24H,1-2H3;/q;+1/p-1/b22-18-;. The van der Waals surface area contributed by atoms with E-state index in [0.29, 0.717) is 0 Å². The number of hydrogen-bond donors (Lipinski definition) is 0. The normalized spacial score (nSPS) is 12.9. The fourth-order valence-electron chi connectivity index (χ4n) is 3.28. The van der Waals surface area contributed by atoms with Crippen molar-refractivity contribution in [2.24, 2.45) is 0 Å². The molecule has 26 heavy (non-hydrogen) atoms. The quantitative estimate of drug-likeness (QED) is 0.503. The molecule has 0 heterocycles. The Balaban J connectivity index is 0.00000243. The number of hydrogen-bond acceptors (Lipinski definition) is 1. The number of allylic oxidation sites excluding steroid dienone is 1. The van der Waals surface area contributed by atoms with Crippen LogP contribution >= 0.6 is 0 Å². The summed E-state index contributed by atoms with van der Waals surface area (Å²) in [5, 5.41) is 14.2. The fraction of sp³-hybridized carbons (Fsp3) is 0.130. The molecule has 0 N–H and O–H groups in total. The summed E-state index contributed by atoms with van der Waals surface area (Å²) < 4.78 is 0. The fourth-order valence-corrected chi connectivity index (χ4v) is 6.28. The first-order valence-corrected chi connectivity index (χ1v) is 11.7. The molecule has 0 aliphatic carbocycles. The minimum absolute atomic E-state index is 0. The molecule has 3 rings (SSSR count). The van der Waals surface area contributed by atoms with Gasteiger partial charge in [0.05, 0.1) is 8.07 Å². The van der Waals surface area contributed by atoms with Gasteiger partial charge >= 0.3 is 18.9 Å². The van der Waals surface area contributed by atoms with Crippen LogP contribution in [0.15, 0.2) is 97.1 Å². The van der Waals surface area contributed by atoms with E-state index in [2.05, 4.69) is 61.6 Å². The molecule has 0 amide bonds. The van der Waals surface area contributed by atoms with Gasteiger partial charge in [0.2, 0.25) is 0 Å². The summed E-state index contributed by atoms with van der Waals surface area (Å²) in [6, 6.07) is 30.6. The van der Waals surface area contributed by atoms with E-state index >= 15 is 0 Å². The Morgan fingerprint density at radius 1 is 0.769 bits per heavy atom. The van der Waals surface area contributed by atoms with Gasteiger partial charge < -0.3 is 5.11 Å². The molecule has 3 aromatic carbocycles. The van der Waals surface area contributed by atoms with Crippen LogP contribution in [0, 0.1) is 0 Å². The maximum absolute atomic E-state index is 12.9. The van der Waals surface area contributed by atoms with Crippen LogP contribution in [0.3, 0.4) is 0 Å². The van der Waals surface area contributed by atoms with E-state index in [1.54, 1.807) is 0 Å². The van der Waals surface area contributed by atoms with Crippen molar-refractivity contribution in [1.29, 1.82) is 0 Å². The maximum Gasteiger partial charge on any atom is 1.00 e. The van der Waals surface area contributed by atoms with Gasteiger partial charge in [-0.3, -0.25) is 0 Å². The number of benzene rings is 3. The first-order valence-electron chi connectivity index (χ1n) is 8.64. The Morgan fingerprint density at radius 2 is 1.23 bits per heavy atom. The van der Waals surface area contributed by atoms with Gasteiger partial charge in [-0.05, 0) is 11.1 Å². The molecular formula is C23H23LiOSi. The van der Waals surface area contributed by atoms with Gasteiger partial charge in [-0.1, -0.05) is 115 Å². The molecule has 1 nitrogen and oxygen atoms in total. The van der Waals surface area contributed by atoms with Gasteiger partial charge in [0.1, 0.15) is 0 Å². The average Bonchev–Trinajstić information content (AvgIpc) is 2.68. The summed E-state index contributed by atoms with van der Waals surface area (Å²) in [5.41, 5.74) is 2.09. The van der Waals surface area contributed by atoms with Crippen LogP contribution in [0.4, 0.5) is 0 Å². The molecule has 0 aliphatic heterocycles. The van der Waals surface area contributed by atoms with E-state index in [-0.39, 0.29) is 30.2 Å². The molecule has 0 aliphatic rings. The second-order valence-electron chi connectivity index (χ2n) is 6.87. The van der Waals surface area contributed by atoms with Crippen LogP contribution < -0.4 is 29.2 Å². The molecule has 3 heteroatoms. The van der Waals surface area contributed by atoms with Crippen molar-refractivity contribution in [2.75, 3.05) is 0 Å². The third kappa shape index (κ3) is 4.59. The molecule has 126 valence electrons. The van der Waals surface area contributed by atoms with E-state index in [1.165, 1.54) is 10.8 Å². The molecule has 1 unspecified atom stereocenters. The van der Waals surface area contributed by atoms with Crippen LogP contribution in [-0.2, 0) is 0 Å². The summed E-state index contributed by atoms with van der Waals surface area (Å²) in [5.74, 6) is 0.103. The van der Waals surface area contributed by atoms with Crippen molar-refractivity contribution < 1.29 is 24.0 Å². The molecule has 0 radical (unpaired) electrons. The predicted molar refractivity (Wildman–Crippen MR) is 107 cm³/mol. The van der Waals surface area contributed by atoms with Crippen LogP contribution in [0.2, 0.25) is 13.1 Å². The molecule has 0 bridgehead atoms. The van der Waals surface area contributed by atoms with E-state index in [1.807, 2.05) is 48.5 Å². The molecule has 0 spiro atoms. The Labute approximate surface area is 169 Å². The molecular weight excluding hydrogens is 327 g/mol. The molecule has 0 saturated carbocycles. The van der Waals surface area contributed by atoms with E-state index in [0.717, 1.165) is 5.56 Å². The van der Waals surface area contributed by atoms with Crippen molar-refractivity contribution in [3.63, 3.8) is 0 Å². The van der Waals surface area contributed by atoms with Crippen molar-refractivity contribution in [3.05, 3.63) is 108 Å². The zero-order chi connectivity index (χ0) is 17.7. The van der Waals surface area contributed by atoms with Gasteiger partial charge in [-0.2, -0.15) is 0 Å². The van der Waals surface area contributed by atoms with Gasteiger partial charge in [-0.15, -0.1) is 5.76 Å². The first-order chi connectivity index (χ1) is 12.1. The Morgan fingerprint density at radius 3 is 1.77 bits per heavy atom. The van der Waals surface area contributed by atoms with E-state index < -0.39 is 8.07 Å². The van der Waals surface area contributed by atoms with Crippen LogP contribution in [0.5, 0.6) is 0 Å². The molecule has 1 atom stereocenters. The predicted octanol–water partition coefficient (Wildman–Crippen LogP) is 1.33. The van der Waals surface area contributed by atoms with Crippen molar-refractivity contribution >= 4 is 19.0 Å². The zero-order valence-corrected chi connectivity index (χ0v) is 16.7. The molecule has 0 aromatic heterocycles. The topological polar surface area (TPSA) is 23.1 Å². The average molecular weight is 350 g/mol. The molecule has 0 saturated heterocycles. The van der Waals surface area contributed by atoms with Crippen LogP contribution in [0.25, 0.3) is 5.76 Å². The van der Waals surface area contributed by atoms with E-state index in [9.17, 15) is 5.11 Å². The zero-order valence-electron chi connectivity index (χ0n) is 15.7. The second-order valence-corrected chi connectivity index (χ2v) is 11.5. The van der Waals surface area contributed by atoms with Crippen molar-refractivity contribution in [1.82, 2.24) is 0 Å². The summed E-state index contributed by atoms with van der Waals surface area (Å²) in [6.07, 6.45) is 1.93. The van der Waals surface area contributed by atoms with Gasteiger partial charge in [0.25, 0.3) is 0 Å².